The van der Waals surface area contributed by atoms with Gasteiger partial charge >= 0.3 is 6.09 Å². The van der Waals surface area contributed by atoms with Crippen LogP contribution in [0.15, 0.2) is 0 Å². The lowest BCUT2D eigenvalue weighted by Crippen LogP contribution is -2.64. The first-order valence-electron chi connectivity index (χ1n) is 7.02. The molecule has 1 amide bonds. The molecule has 2 fully saturated rings. The monoisotopic (exact) mass is 303 g/mol. The summed E-state index contributed by atoms with van der Waals surface area (Å²) in [6.07, 6.45) is -3.01. The molecule has 0 spiro atoms. The minimum Gasteiger partial charge on any atom is -0.447 e. The molecule has 2 N–H and O–H groups in total. The molecule has 0 saturated carbocycles. The maximum atomic E-state index is 11.6. The van der Waals surface area contributed by atoms with E-state index in [1.807, 2.05) is 0 Å². The van der Waals surface area contributed by atoms with Gasteiger partial charge in [-0.15, -0.1) is 0 Å². The SMILES string of the molecule is CC(C)(C)[Si](C)(C)O[C@H]1[C@H](O)[C@H](O)CN2C(=O)OC[C@@H]12. The van der Waals surface area contributed by atoms with Crippen molar-refractivity contribution >= 4 is 14.4 Å². The minimum absolute atomic E-state index is 0.0105. The summed E-state index contributed by atoms with van der Waals surface area (Å²) in [6.45, 7) is 10.8. The number of amides is 1. The predicted molar refractivity (Wildman–Crippen MR) is 75.9 cm³/mol. The molecular weight excluding hydrogens is 278 g/mol. The molecular formula is C13H25NO5Si. The average Bonchev–Trinajstić information content (AvgIpc) is 2.65. The van der Waals surface area contributed by atoms with Gasteiger partial charge in [-0.1, -0.05) is 20.8 Å². The van der Waals surface area contributed by atoms with Crippen LogP contribution in [0, 0.1) is 0 Å². The number of fused-ring (bicyclic) bond motifs is 1. The van der Waals surface area contributed by atoms with Crippen LogP contribution in [0.3, 0.4) is 0 Å². The first-order valence-corrected chi connectivity index (χ1v) is 9.93. The third-order valence-corrected chi connectivity index (χ3v) is 9.22. The summed E-state index contributed by atoms with van der Waals surface area (Å²) in [5.41, 5.74) is 0. The Bertz CT molecular complexity index is 395. The maximum absolute atomic E-state index is 11.6. The molecule has 0 unspecified atom stereocenters. The van der Waals surface area contributed by atoms with Crippen molar-refractivity contribution in [2.75, 3.05) is 13.2 Å². The highest BCUT2D eigenvalue weighted by Gasteiger charge is 2.52. The Kier molecular flexibility index (Phi) is 3.92. The smallest absolute Gasteiger partial charge is 0.410 e. The fourth-order valence-electron chi connectivity index (χ4n) is 2.37. The number of aliphatic hydroxyl groups excluding tert-OH is 2. The van der Waals surface area contributed by atoms with Crippen LogP contribution in [-0.4, -0.2) is 67.0 Å². The summed E-state index contributed by atoms with van der Waals surface area (Å²) >= 11 is 0. The highest BCUT2D eigenvalue weighted by Crippen LogP contribution is 2.39. The maximum Gasteiger partial charge on any atom is 0.410 e. The molecule has 2 saturated heterocycles. The van der Waals surface area contributed by atoms with E-state index in [4.69, 9.17) is 9.16 Å². The molecule has 2 aliphatic heterocycles. The predicted octanol–water partition coefficient (Wildman–Crippen LogP) is 0.933. The lowest BCUT2D eigenvalue weighted by atomic mass is 9.95. The van der Waals surface area contributed by atoms with E-state index in [9.17, 15) is 15.0 Å². The number of piperidine rings is 1. The molecule has 0 radical (unpaired) electrons. The van der Waals surface area contributed by atoms with Crippen molar-refractivity contribution in [3.63, 3.8) is 0 Å². The van der Waals surface area contributed by atoms with Crippen molar-refractivity contribution < 1.29 is 24.2 Å². The minimum atomic E-state index is -2.11. The number of ether oxygens (including phenoxy) is 1. The number of carbonyl (C=O) groups excluding carboxylic acids is 1. The molecule has 0 aromatic carbocycles. The van der Waals surface area contributed by atoms with Crippen LogP contribution in [0.25, 0.3) is 0 Å². The number of aliphatic hydroxyl groups is 2. The van der Waals surface area contributed by atoms with Gasteiger partial charge in [0.2, 0.25) is 0 Å². The third kappa shape index (κ3) is 2.59. The van der Waals surface area contributed by atoms with E-state index in [0.717, 1.165) is 0 Å². The topological polar surface area (TPSA) is 79.2 Å². The normalized spacial score (nSPS) is 35.0. The Hall–Kier alpha value is -0.633. The second-order valence-corrected chi connectivity index (χ2v) is 12.0. The average molecular weight is 303 g/mol. The zero-order chi connectivity index (χ0) is 15.3. The van der Waals surface area contributed by atoms with E-state index in [-0.39, 0.29) is 24.2 Å². The van der Waals surface area contributed by atoms with Gasteiger partial charge in [-0.25, -0.2) is 4.79 Å². The third-order valence-electron chi connectivity index (χ3n) is 4.74. The summed E-state index contributed by atoms with van der Waals surface area (Å²) in [7, 11) is -2.11. The van der Waals surface area contributed by atoms with Gasteiger partial charge in [-0.2, -0.15) is 0 Å². The van der Waals surface area contributed by atoms with Gasteiger partial charge < -0.3 is 19.4 Å². The Morgan fingerprint density at radius 3 is 2.50 bits per heavy atom. The van der Waals surface area contributed by atoms with E-state index in [1.54, 1.807) is 0 Å². The van der Waals surface area contributed by atoms with E-state index >= 15 is 0 Å². The van der Waals surface area contributed by atoms with Crippen molar-refractivity contribution in [2.24, 2.45) is 0 Å². The van der Waals surface area contributed by atoms with Gasteiger partial charge in [-0.3, -0.25) is 4.90 Å². The number of hydrogen-bond donors (Lipinski definition) is 2. The largest absolute Gasteiger partial charge is 0.447 e. The van der Waals surface area contributed by atoms with E-state index < -0.39 is 32.7 Å². The van der Waals surface area contributed by atoms with Crippen molar-refractivity contribution in [1.29, 1.82) is 0 Å². The van der Waals surface area contributed by atoms with Crippen LogP contribution in [0.1, 0.15) is 20.8 Å². The molecule has 0 bridgehead atoms. The number of carbonyl (C=O) groups is 1. The summed E-state index contributed by atoms with van der Waals surface area (Å²) in [6, 6.07) is -0.310. The summed E-state index contributed by atoms with van der Waals surface area (Å²) in [5, 5.41) is 20.2. The summed E-state index contributed by atoms with van der Waals surface area (Å²) < 4.78 is 11.3. The van der Waals surface area contributed by atoms with Crippen molar-refractivity contribution in [3.8, 4) is 0 Å². The fraction of sp³-hybridized carbons (Fsp3) is 0.923. The van der Waals surface area contributed by atoms with Crippen LogP contribution in [0.5, 0.6) is 0 Å². The standard InChI is InChI=1S/C13H25NO5Si/c1-13(2,3)20(4,5)19-11-8-7-18-12(17)14(8)6-9(15)10(11)16/h8-11,15-16H,6-7H2,1-5H3/t8-,9+,10+,11+/m0/s1. The van der Waals surface area contributed by atoms with Gasteiger partial charge in [0, 0.05) is 0 Å². The van der Waals surface area contributed by atoms with Gasteiger partial charge in [0.1, 0.15) is 18.8 Å². The van der Waals surface area contributed by atoms with E-state index in [0.29, 0.717) is 0 Å². The van der Waals surface area contributed by atoms with Crippen molar-refractivity contribution in [1.82, 2.24) is 4.90 Å². The Morgan fingerprint density at radius 1 is 1.35 bits per heavy atom. The van der Waals surface area contributed by atoms with Crippen LogP contribution < -0.4 is 0 Å². The number of hydrogen-bond acceptors (Lipinski definition) is 5. The molecule has 0 aromatic rings. The van der Waals surface area contributed by atoms with E-state index in [1.165, 1.54) is 4.90 Å². The van der Waals surface area contributed by atoms with Gasteiger partial charge in [0.05, 0.1) is 18.7 Å². The van der Waals surface area contributed by atoms with Crippen molar-refractivity contribution in [2.45, 2.75) is 63.3 Å². The highest BCUT2D eigenvalue weighted by molar-refractivity contribution is 6.74. The molecule has 2 rings (SSSR count). The molecule has 7 heteroatoms. The van der Waals surface area contributed by atoms with Gasteiger partial charge in [-0.05, 0) is 18.1 Å². The highest BCUT2D eigenvalue weighted by atomic mass is 28.4. The quantitative estimate of drug-likeness (QED) is 0.742. The molecule has 0 aromatic heterocycles. The fourth-order valence-corrected chi connectivity index (χ4v) is 3.70. The van der Waals surface area contributed by atoms with Crippen LogP contribution in [0.2, 0.25) is 18.1 Å². The first kappa shape index (κ1) is 15.8. The zero-order valence-electron chi connectivity index (χ0n) is 12.8. The second kappa shape index (κ2) is 4.98. The lowest BCUT2D eigenvalue weighted by molar-refractivity contribution is -0.112. The summed E-state index contributed by atoms with van der Waals surface area (Å²) in [4.78, 5) is 13.1. The van der Waals surface area contributed by atoms with Gasteiger partial charge in [0.25, 0.3) is 0 Å². The van der Waals surface area contributed by atoms with Crippen LogP contribution in [-0.2, 0) is 9.16 Å². The first-order chi connectivity index (χ1) is 9.04. The molecule has 6 nitrogen and oxygen atoms in total. The van der Waals surface area contributed by atoms with Gasteiger partial charge in [0.15, 0.2) is 8.32 Å². The Morgan fingerprint density at radius 2 is 1.95 bits per heavy atom. The molecule has 2 aliphatic rings. The van der Waals surface area contributed by atoms with Crippen molar-refractivity contribution in [3.05, 3.63) is 0 Å². The zero-order valence-corrected chi connectivity index (χ0v) is 13.8. The number of cyclic esters (lactones) is 1. The van der Waals surface area contributed by atoms with Crippen LogP contribution in [0.4, 0.5) is 4.79 Å². The lowest BCUT2D eigenvalue weighted by Gasteiger charge is -2.46. The summed E-state index contributed by atoms with van der Waals surface area (Å²) in [5.74, 6) is 0. The van der Waals surface area contributed by atoms with Crippen LogP contribution >= 0.6 is 0 Å². The Labute approximate surface area is 120 Å². The molecule has 0 aliphatic carbocycles. The number of nitrogens with zero attached hydrogens (tertiary/aromatic N) is 1. The Balaban J connectivity index is 2.22. The molecule has 20 heavy (non-hydrogen) atoms. The second-order valence-electron chi connectivity index (χ2n) is 7.20. The molecule has 116 valence electrons. The molecule has 2 heterocycles. The van der Waals surface area contributed by atoms with E-state index in [2.05, 4.69) is 33.9 Å². The molecule has 4 atom stereocenters. The number of rotatable bonds is 2.